The van der Waals surface area contributed by atoms with Crippen LogP contribution in [-0.2, 0) is 17.8 Å². The topological polar surface area (TPSA) is 44.8 Å². The minimum absolute atomic E-state index is 0.0205. The minimum Gasteiger partial charge on any atom is -0.439 e. The second-order valence-electron chi connectivity index (χ2n) is 8.59. The summed E-state index contributed by atoms with van der Waals surface area (Å²) in [5.41, 5.74) is 0.552. The van der Waals surface area contributed by atoms with E-state index in [1.54, 1.807) is 6.92 Å². The second kappa shape index (κ2) is 9.59. The highest BCUT2D eigenvalue weighted by molar-refractivity contribution is 6.86. The molecule has 7 heteroatoms. The van der Waals surface area contributed by atoms with E-state index >= 15 is 0 Å². The first-order valence-electron chi connectivity index (χ1n) is 8.82. The summed E-state index contributed by atoms with van der Waals surface area (Å²) in [6, 6.07) is 1.04. The number of rotatable bonds is 11. The van der Waals surface area contributed by atoms with E-state index in [9.17, 15) is 4.79 Å². The summed E-state index contributed by atoms with van der Waals surface area (Å²) in [5.74, 6) is -0.0205. The van der Waals surface area contributed by atoms with Crippen LogP contribution in [0.15, 0.2) is 12.2 Å². The average molecular weight is 391 g/mol. The van der Waals surface area contributed by atoms with Gasteiger partial charge in [-0.15, -0.1) is 0 Å². The molecular weight excluding hydrogens is 352 g/mol. The van der Waals surface area contributed by atoms with E-state index in [1.807, 2.05) is 0 Å². The largest absolute Gasteiger partial charge is 0.439 e. The predicted octanol–water partition coefficient (Wildman–Crippen LogP) is 4.63. The number of Topliss-reactive ketones (excluding diaryl/α,β-unsaturated/α-hetero) is 1. The van der Waals surface area contributed by atoms with Gasteiger partial charge in [0.2, 0.25) is 0 Å². The van der Waals surface area contributed by atoms with E-state index in [2.05, 4.69) is 60.1 Å². The predicted molar refractivity (Wildman–Crippen MR) is 110 cm³/mol. The summed E-state index contributed by atoms with van der Waals surface area (Å²) >= 11 is 0. The van der Waals surface area contributed by atoms with Crippen molar-refractivity contribution in [3.63, 3.8) is 0 Å². The maximum Gasteiger partial charge on any atom is 0.311 e. The van der Waals surface area contributed by atoms with Crippen molar-refractivity contribution in [2.24, 2.45) is 0 Å². The van der Waals surface area contributed by atoms with Crippen LogP contribution in [0.1, 0.15) is 34.1 Å². The van der Waals surface area contributed by atoms with Gasteiger partial charge in [0.1, 0.15) is 6.61 Å². The van der Waals surface area contributed by atoms with Crippen molar-refractivity contribution in [2.45, 2.75) is 77.9 Å². The Morgan fingerprint density at radius 1 is 1.17 bits per heavy atom. The van der Waals surface area contributed by atoms with Crippen molar-refractivity contribution >= 4 is 31.7 Å². The van der Waals surface area contributed by atoms with E-state index < -0.39 is 25.9 Å². The first-order valence-corrected chi connectivity index (χ1v) is 17.0. The highest BCUT2D eigenvalue weighted by Crippen LogP contribution is 2.38. The number of carbonyl (C=O) groups excluding carboxylic acids is 1. The van der Waals surface area contributed by atoms with E-state index in [0.717, 1.165) is 12.5 Å². The SMILES string of the molecule is C=C(C)C(=O)COCCC[SiH](C)O[Si](C)(C)O[Si](C)(C)C(C)(C)C. The lowest BCUT2D eigenvalue weighted by molar-refractivity contribution is -0.119. The number of ketones is 1. The maximum atomic E-state index is 11.4. The smallest absolute Gasteiger partial charge is 0.311 e. The Bertz CT molecular complexity index is 428. The second-order valence-corrected chi connectivity index (χ2v) is 19.9. The molecule has 0 aliphatic heterocycles. The van der Waals surface area contributed by atoms with Gasteiger partial charge < -0.3 is 13.0 Å². The highest BCUT2D eigenvalue weighted by Gasteiger charge is 2.43. The van der Waals surface area contributed by atoms with Crippen molar-refractivity contribution in [2.75, 3.05) is 13.2 Å². The van der Waals surface area contributed by atoms with E-state index in [1.165, 1.54) is 0 Å². The Hall–Kier alpha value is -0.0594. The fourth-order valence-corrected chi connectivity index (χ4v) is 14.0. The van der Waals surface area contributed by atoms with Gasteiger partial charge >= 0.3 is 8.56 Å². The van der Waals surface area contributed by atoms with Crippen molar-refractivity contribution in [3.8, 4) is 0 Å². The van der Waals surface area contributed by atoms with Gasteiger partial charge in [0, 0.05) is 6.61 Å². The monoisotopic (exact) mass is 390 g/mol. The molecule has 0 N–H and O–H groups in total. The maximum absolute atomic E-state index is 11.4. The average Bonchev–Trinajstić information content (AvgIpc) is 2.34. The molecule has 0 aromatic rings. The zero-order chi connectivity index (χ0) is 19.2. The first kappa shape index (κ1) is 23.9. The van der Waals surface area contributed by atoms with Crippen LogP contribution in [-0.4, -0.2) is 44.9 Å². The summed E-state index contributed by atoms with van der Waals surface area (Å²) < 4.78 is 18.3. The molecule has 0 radical (unpaired) electrons. The van der Waals surface area contributed by atoms with Gasteiger partial charge in [-0.1, -0.05) is 27.4 Å². The summed E-state index contributed by atoms with van der Waals surface area (Å²) in [6.07, 6.45) is 0.932. The molecule has 0 saturated carbocycles. The number of hydrogen-bond donors (Lipinski definition) is 0. The number of ether oxygens (including phenoxy) is 1. The molecule has 1 atom stereocenters. The van der Waals surface area contributed by atoms with Gasteiger partial charge in [-0.05, 0) is 62.7 Å². The molecule has 0 aromatic carbocycles. The molecule has 4 nitrogen and oxygen atoms in total. The van der Waals surface area contributed by atoms with Crippen molar-refractivity contribution in [1.82, 2.24) is 0 Å². The highest BCUT2D eigenvalue weighted by atomic mass is 28.5. The molecule has 0 spiro atoms. The molecule has 1 unspecified atom stereocenters. The van der Waals surface area contributed by atoms with Gasteiger partial charge in [0.05, 0.1) is 0 Å². The molecule has 0 heterocycles. The van der Waals surface area contributed by atoms with Crippen molar-refractivity contribution < 1.29 is 17.8 Å². The molecule has 0 fully saturated rings. The lowest BCUT2D eigenvalue weighted by Gasteiger charge is -2.42. The van der Waals surface area contributed by atoms with Gasteiger partial charge in [-0.2, -0.15) is 0 Å². The summed E-state index contributed by atoms with van der Waals surface area (Å²) in [7, 11) is -5.16. The molecule has 0 rings (SSSR count). The molecule has 0 amide bonds. The molecule has 24 heavy (non-hydrogen) atoms. The van der Waals surface area contributed by atoms with Crippen LogP contribution in [0.4, 0.5) is 0 Å². The lowest BCUT2D eigenvalue weighted by Crippen LogP contribution is -2.52. The third-order valence-electron chi connectivity index (χ3n) is 4.40. The van der Waals surface area contributed by atoms with Crippen LogP contribution >= 0.6 is 0 Å². The zero-order valence-corrected chi connectivity index (χ0v) is 20.4. The van der Waals surface area contributed by atoms with E-state index in [4.69, 9.17) is 13.0 Å². The lowest BCUT2D eigenvalue weighted by atomic mass is 10.2. The minimum atomic E-state index is -2.10. The van der Waals surface area contributed by atoms with Crippen LogP contribution < -0.4 is 0 Å². The number of hydrogen-bond acceptors (Lipinski definition) is 4. The Morgan fingerprint density at radius 3 is 2.17 bits per heavy atom. The Kier molecular flexibility index (Phi) is 9.56. The third-order valence-corrected chi connectivity index (χ3v) is 17.1. The van der Waals surface area contributed by atoms with Gasteiger partial charge in [-0.3, -0.25) is 4.79 Å². The van der Waals surface area contributed by atoms with Gasteiger partial charge in [0.15, 0.2) is 23.1 Å². The number of carbonyl (C=O) groups is 1. The van der Waals surface area contributed by atoms with Crippen LogP contribution in [0, 0.1) is 0 Å². The molecular formula is C17H38O4Si3. The third kappa shape index (κ3) is 9.43. The zero-order valence-electron chi connectivity index (χ0n) is 17.2. The van der Waals surface area contributed by atoms with Crippen LogP contribution in [0.2, 0.25) is 43.8 Å². The van der Waals surface area contributed by atoms with Gasteiger partial charge in [0.25, 0.3) is 0 Å². The standard InChI is InChI=1S/C17H38O4Si3/c1-15(2)16(18)14-19-12-11-13-22(6)20-24(9,10)21-23(7,8)17(3,4)5/h22H,1,11-14H2,2-10H3. The fraction of sp³-hybridized carbons (Fsp3) is 0.824. The summed E-state index contributed by atoms with van der Waals surface area (Å²) in [6.45, 7) is 24.0. The van der Waals surface area contributed by atoms with Crippen LogP contribution in [0.3, 0.4) is 0 Å². The molecule has 0 aliphatic carbocycles. The van der Waals surface area contributed by atoms with Crippen LogP contribution in [0.5, 0.6) is 0 Å². The molecule has 0 aromatic heterocycles. The van der Waals surface area contributed by atoms with E-state index in [0.29, 0.717) is 12.2 Å². The van der Waals surface area contributed by atoms with Crippen molar-refractivity contribution in [3.05, 3.63) is 12.2 Å². The van der Waals surface area contributed by atoms with Gasteiger partial charge in [-0.25, -0.2) is 0 Å². The van der Waals surface area contributed by atoms with E-state index in [-0.39, 0.29) is 17.4 Å². The quantitative estimate of drug-likeness (QED) is 0.293. The molecule has 0 saturated heterocycles. The van der Waals surface area contributed by atoms with Crippen LogP contribution in [0.25, 0.3) is 0 Å². The molecule has 0 bridgehead atoms. The summed E-state index contributed by atoms with van der Waals surface area (Å²) in [5, 5.41) is 0.203. The normalized spacial score (nSPS) is 14.5. The summed E-state index contributed by atoms with van der Waals surface area (Å²) in [4.78, 5) is 11.4. The Labute approximate surface area is 153 Å². The molecule has 0 aliphatic rings. The molecule has 142 valence electrons. The first-order chi connectivity index (χ1) is 10.7. The Balaban J connectivity index is 4.19. The van der Waals surface area contributed by atoms with Crippen molar-refractivity contribution in [1.29, 1.82) is 0 Å². The fourth-order valence-electron chi connectivity index (χ4n) is 2.10. The Morgan fingerprint density at radius 2 is 1.71 bits per heavy atom.